The molecule has 0 saturated heterocycles. The number of fused-ring (bicyclic) bond motifs is 1. The molecule has 3 rings (SSSR count). The maximum Gasteiger partial charge on any atom is 0.258 e. The summed E-state index contributed by atoms with van der Waals surface area (Å²) in [4.78, 5) is 17.0. The second-order valence-electron chi connectivity index (χ2n) is 5.40. The first-order chi connectivity index (χ1) is 12.1. The van der Waals surface area contributed by atoms with Crippen molar-refractivity contribution < 1.29 is 9.53 Å². The summed E-state index contributed by atoms with van der Waals surface area (Å²) in [5.74, 6) is -0.311. The molecule has 0 saturated carbocycles. The molecule has 128 valence electrons. The van der Waals surface area contributed by atoms with Crippen LogP contribution < -0.4 is 5.32 Å². The van der Waals surface area contributed by atoms with Gasteiger partial charge in [-0.3, -0.25) is 9.78 Å². The van der Waals surface area contributed by atoms with Crippen LogP contribution in [0.1, 0.15) is 18.6 Å². The van der Waals surface area contributed by atoms with E-state index in [1.807, 2.05) is 31.2 Å². The Kier molecular flexibility index (Phi) is 5.53. The average molecular weight is 375 g/mol. The maximum absolute atomic E-state index is 12.7. The van der Waals surface area contributed by atoms with Crippen LogP contribution in [0.2, 0.25) is 10.0 Å². The highest BCUT2D eigenvalue weighted by Gasteiger charge is 2.24. The molecule has 6 heteroatoms. The highest BCUT2D eigenvalue weighted by atomic mass is 35.5. The van der Waals surface area contributed by atoms with Crippen molar-refractivity contribution in [2.45, 2.75) is 13.0 Å². The van der Waals surface area contributed by atoms with E-state index in [-0.39, 0.29) is 5.91 Å². The Morgan fingerprint density at radius 3 is 2.84 bits per heavy atom. The van der Waals surface area contributed by atoms with Gasteiger partial charge in [0.25, 0.3) is 5.91 Å². The topological polar surface area (TPSA) is 51.2 Å². The van der Waals surface area contributed by atoms with Gasteiger partial charge < -0.3 is 10.1 Å². The SMILES string of the molecule is CCOC(C(=O)Nc1ccc2ncccc2c1)c1cc(Cl)ccc1Cl. The molecule has 3 aromatic rings. The number of aromatic nitrogens is 1. The quantitative estimate of drug-likeness (QED) is 0.662. The van der Waals surface area contributed by atoms with E-state index in [4.69, 9.17) is 27.9 Å². The summed E-state index contributed by atoms with van der Waals surface area (Å²) in [7, 11) is 0. The zero-order valence-electron chi connectivity index (χ0n) is 13.5. The summed E-state index contributed by atoms with van der Waals surface area (Å²) >= 11 is 12.3. The second-order valence-corrected chi connectivity index (χ2v) is 6.24. The van der Waals surface area contributed by atoms with E-state index < -0.39 is 6.10 Å². The molecule has 0 spiro atoms. The molecule has 0 fully saturated rings. The van der Waals surface area contributed by atoms with Crippen molar-refractivity contribution in [1.82, 2.24) is 4.98 Å². The van der Waals surface area contributed by atoms with Gasteiger partial charge in [-0.25, -0.2) is 0 Å². The minimum Gasteiger partial charge on any atom is -0.364 e. The largest absolute Gasteiger partial charge is 0.364 e. The number of carbonyl (C=O) groups is 1. The fourth-order valence-electron chi connectivity index (χ4n) is 2.55. The Morgan fingerprint density at radius 1 is 1.20 bits per heavy atom. The van der Waals surface area contributed by atoms with E-state index >= 15 is 0 Å². The Hall–Kier alpha value is -2.14. The summed E-state index contributed by atoms with van der Waals surface area (Å²) in [5, 5.41) is 4.73. The molecule has 1 N–H and O–H groups in total. The molecule has 0 aliphatic rings. The van der Waals surface area contributed by atoms with Gasteiger partial charge in [0, 0.05) is 39.5 Å². The van der Waals surface area contributed by atoms with Gasteiger partial charge in [-0.05, 0) is 49.4 Å². The Morgan fingerprint density at radius 2 is 2.04 bits per heavy atom. The summed E-state index contributed by atoms with van der Waals surface area (Å²) in [6.45, 7) is 2.18. The number of carbonyl (C=O) groups excluding carboxylic acids is 1. The lowest BCUT2D eigenvalue weighted by Gasteiger charge is -2.19. The van der Waals surface area contributed by atoms with Crippen LogP contribution in [0.25, 0.3) is 10.9 Å². The predicted octanol–water partition coefficient (Wildman–Crippen LogP) is 5.26. The Labute approximate surface area is 155 Å². The van der Waals surface area contributed by atoms with Crippen molar-refractivity contribution in [2.75, 3.05) is 11.9 Å². The number of hydrogen-bond donors (Lipinski definition) is 1. The third kappa shape index (κ3) is 4.10. The van der Waals surface area contributed by atoms with Crippen LogP contribution in [-0.4, -0.2) is 17.5 Å². The number of ether oxygens (including phenoxy) is 1. The van der Waals surface area contributed by atoms with Crippen molar-refractivity contribution in [3.63, 3.8) is 0 Å². The number of nitrogens with one attached hydrogen (secondary N) is 1. The molecular weight excluding hydrogens is 359 g/mol. The number of amides is 1. The molecule has 1 unspecified atom stereocenters. The lowest BCUT2D eigenvalue weighted by atomic mass is 10.1. The molecule has 25 heavy (non-hydrogen) atoms. The van der Waals surface area contributed by atoms with Crippen LogP contribution in [0.5, 0.6) is 0 Å². The van der Waals surface area contributed by atoms with Gasteiger partial charge in [-0.2, -0.15) is 0 Å². The maximum atomic E-state index is 12.7. The molecule has 1 heterocycles. The van der Waals surface area contributed by atoms with Crippen LogP contribution in [0, 0.1) is 0 Å². The number of anilines is 1. The fraction of sp³-hybridized carbons (Fsp3) is 0.158. The molecule has 1 atom stereocenters. The molecule has 4 nitrogen and oxygen atoms in total. The van der Waals surface area contributed by atoms with Gasteiger partial charge >= 0.3 is 0 Å². The first kappa shape index (κ1) is 17.7. The van der Waals surface area contributed by atoms with Crippen LogP contribution in [0.15, 0.2) is 54.7 Å². The van der Waals surface area contributed by atoms with Crippen molar-refractivity contribution >= 4 is 45.7 Å². The highest BCUT2D eigenvalue weighted by molar-refractivity contribution is 6.33. The molecule has 0 radical (unpaired) electrons. The van der Waals surface area contributed by atoms with E-state index in [9.17, 15) is 4.79 Å². The molecule has 2 aromatic carbocycles. The highest BCUT2D eigenvalue weighted by Crippen LogP contribution is 2.30. The van der Waals surface area contributed by atoms with Gasteiger partial charge in [-0.1, -0.05) is 29.3 Å². The van der Waals surface area contributed by atoms with Gasteiger partial charge in [0.2, 0.25) is 0 Å². The standard InChI is InChI=1S/C19H16Cl2N2O2/c1-2-25-18(15-11-13(20)5-7-16(15)21)19(24)23-14-6-8-17-12(10-14)4-3-9-22-17/h3-11,18H,2H2,1H3,(H,23,24). The van der Waals surface area contributed by atoms with Crippen molar-refractivity contribution in [1.29, 1.82) is 0 Å². The summed E-state index contributed by atoms with van der Waals surface area (Å²) < 4.78 is 5.62. The number of nitrogens with zero attached hydrogens (tertiary/aromatic N) is 1. The van der Waals surface area contributed by atoms with Crippen LogP contribution in [0.3, 0.4) is 0 Å². The molecule has 0 bridgehead atoms. The van der Waals surface area contributed by atoms with Crippen LogP contribution in [0.4, 0.5) is 5.69 Å². The van der Waals surface area contributed by atoms with Crippen LogP contribution in [-0.2, 0) is 9.53 Å². The molecule has 0 aliphatic carbocycles. The van der Waals surface area contributed by atoms with Gasteiger partial charge in [0.1, 0.15) is 0 Å². The number of rotatable bonds is 5. The zero-order chi connectivity index (χ0) is 17.8. The van der Waals surface area contributed by atoms with E-state index in [0.29, 0.717) is 27.9 Å². The summed E-state index contributed by atoms with van der Waals surface area (Å²) in [6.07, 6.45) is 0.883. The minimum atomic E-state index is -0.846. The molecular formula is C19H16Cl2N2O2. The first-order valence-electron chi connectivity index (χ1n) is 7.80. The number of benzene rings is 2. The summed E-state index contributed by atoms with van der Waals surface area (Å²) in [6, 6.07) is 14.3. The predicted molar refractivity (Wildman–Crippen MR) is 101 cm³/mol. The van der Waals surface area contributed by atoms with Crippen molar-refractivity contribution in [3.8, 4) is 0 Å². The fourth-order valence-corrected chi connectivity index (χ4v) is 2.95. The van der Waals surface area contributed by atoms with E-state index in [0.717, 1.165) is 10.9 Å². The molecule has 1 amide bonds. The minimum absolute atomic E-state index is 0.311. The average Bonchev–Trinajstić information content (AvgIpc) is 2.62. The van der Waals surface area contributed by atoms with Crippen molar-refractivity contribution in [2.24, 2.45) is 0 Å². The Balaban J connectivity index is 1.88. The third-order valence-electron chi connectivity index (χ3n) is 3.68. The smallest absolute Gasteiger partial charge is 0.258 e. The number of halogens is 2. The number of hydrogen-bond acceptors (Lipinski definition) is 3. The first-order valence-corrected chi connectivity index (χ1v) is 8.56. The monoisotopic (exact) mass is 374 g/mol. The normalized spacial score (nSPS) is 12.1. The van der Waals surface area contributed by atoms with Gasteiger partial charge in [0.05, 0.1) is 5.52 Å². The summed E-state index contributed by atoms with van der Waals surface area (Å²) in [5.41, 5.74) is 2.06. The third-order valence-corrected chi connectivity index (χ3v) is 4.26. The molecule has 1 aromatic heterocycles. The zero-order valence-corrected chi connectivity index (χ0v) is 15.0. The lowest BCUT2D eigenvalue weighted by Crippen LogP contribution is -2.24. The van der Waals surface area contributed by atoms with Crippen molar-refractivity contribution in [3.05, 3.63) is 70.3 Å². The number of pyridine rings is 1. The Bertz CT molecular complexity index is 915. The van der Waals surface area contributed by atoms with Gasteiger partial charge in [0.15, 0.2) is 6.10 Å². The van der Waals surface area contributed by atoms with Crippen LogP contribution >= 0.6 is 23.2 Å². The van der Waals surface area contributed by atoms with E-state index in [2.05, 4.69) is 10.3 Å². The van der Waals surface area contributed by atoms with E-state index in [1.54, 1.807) is 30.5 Å². The molecule has 0 aliphatic heterocycles. The second kappa shape index (κ2) is 7.83. The van der Waals surface area contributed by atoms with E-state index in [1.165, 1.54) is 0 Å². The van der Waals surface area contributed by atoms with Gasteiger partial charge in [-0.15, -0.1) is 0 Å². The lowest BCUT2D eigenvalue weighted by molar-refractivity contribution is -0.127.